The summed E-state index contributed by atoms with van der Waals surface area (Å²) < 4.78 is 0. The third-order valence-electron chi connectivity index (χ3n) is 6.25. The zero-order chi connectivity index (χ0) is 22.0. The molecule has 3 aromatic carbocycles. The van der Waals surface area contributed by atoms with Gasteiger partial charge in [0.2, 0.25) is 5.91 Å². The van der Waals surface area contributed by atoms with Crippen LogP contribution in [0, 0.1) is 5.41 Å². The molecule has 0 radical (unpaired) electrons. The number of rotatable bonds is 5. The molecule has 1 amide bonds. The van der Waals surface area contributed by atoms with Crippen LogP contribution in [-0.4, -0.2) is 10.9 Å². The maximum absolute atomic E-state index is 13.5. The highest BCUT2D eigenvalue weighted by atomic mass is 32.1. The molecule has 0 saturated carbocycles. The lowest BCUT2D eigenvalue weighted by Gasteiger charge is -2.31. The molecule has 3 nitrogen and oxygen atoms in total. The number of anilines is 1. The fourth-order valence-corrected chi connectivity index (χ4v) is 5.20. The normalized spacial score (nSPS) is 19.7. The first-order chi connectivity index (χ1) is 15.6. The molecule has 4 aromatic rings. The van der Waals surface area contributed by atoms with Crippen LogP contribution in [0.25, 0.3) is 12.2 Å². The Kier molecular flexibility index (Phi) is 5.46. The van der Waals surface area contributed by atoms with E-state index in [-0.39, 0.29) is 11.8 Å². The molecule has 1 N–H and O–H groups in total. The molecule has 2 atom stereocenters. The molecule has 0 aliphatic heterocycles. The molecule has 0 saturated heterocycles. The molecule has 158 valence electrons. The maximum atomic E-state index is 13.5. The summed E-state index contributed by atoms with van der Waals surface area (Å²) in [5.41, 5.74) is 5.32. The van der Waals surface area contributed by atoms with Gasteiger partial charge in [0.1, 0.15) is 0 Å². The number of amides is 1. The Bertz CT molecular complexity index is 1250. The topological polar surface area (TPSA) is 42.0 Å². The summed E-state index contributed by atoms with van der Waals surface area (Å²) in [6.07, 6.45) is 6.68. The van der Waals surface area contributed by atoms with Crippen LogP contribution in [0.15, 0.2) is 90.4 Å². The molecular formula is C28H24N2OS. The number of benzene rings is 3. The summed E-state index contributed by atoms with van der Waals surface area (Å²) in [6.45, 7) is 2.08. The van der Waals surface area contributed by atoms with Gasteiger partial charge in [-0.05, 0) is 41.2 Å². The number of hydrogen-bond donors (Lipinski definition) is 1. The Morgan fingerprint density at radius 2 is 1.72 bits per heavy atom. The van der Waals surface area contributed by atoms with Crippen LogP contribution in [-0.2, 0) is 11.2 Å². The van der Waals surface area contributed by atoms with E-state index in [0.717, 1.165) is 11.1 Å². The largest absolute Gasteiger partial charge is 0.301 e. The molecular weight excluding hydrogens is 412 g/mol. The minimum atomic E-state index is -0.600. The Balaban J connectivity index is 1.53. The summed E-state index contributed by atoms with van der Waals surface area (Å²) >= 11 is 1.44. The molecule has 1 aliphatic carbocycles. The predicted octanol–water partition coefficient (Wildman–Crippen LogP) is 6.65. The number of thiazole rings is 1. The predicted molar refractivity (Wildman–Crippen MR) is 133 cm³/mol. The van der Waals surface area contributed by atoms with Crippen LogP contribution in [0.2, 0.25) is 0 Å². The number of aromatic nitrogens is 1. The fraction of sp³-hybridized carbons (Fsp3) is 0.143. The van der Waals surface area contributed by atoms with Gasteiger partial charge in [0.25, 0.3) is 0 Å². The highest BCUT2D eigenvalue weighted by molar-refractivity contribution is 7.13. The van der Waals surface area contributed by atoms with Gasteiger partial charge in [0, 0.05) is 17.5 Å². The van der Waals surface area contributed by atoms with Crippen LogP contribution in [0.1, 0.15) is 40.7 Å². The van der Waals surface area contributed by atoms with Gasteiger partial charge in [0.05, 0.1) is 5.41 Å². The van der Waals surface area contributed by atoms with Gasteiger partial charge in [-0.25, -0.2) is 4.98 Å². The molecule has 0 unspecified atom stereocenters. The van der Waals surface area contributed by atoms with Crippen molar-refractivity contribution < 1.29 is 4.79 Å². The van der Waals surface area contributed by atoms with E-state index in [0.29, 0.717) is 11.6 Å². The van der Waals surface area contributed by atoms with Crippen LogP contribution in [0.3, 0.4) is 0 Å². The quantitative estimate of drug-likeness (QED) is 0.356. The number of fused-ring (bicyclic) bond motifs is 1. The van der Waals surface area contributed by atoms with Crippen LogP contribution in [0.5, 0.6) is 0 Å². The highest BCUT2D eigenvalue weighted by Crippen LogP contribution is 2.51. The van der Waals surface area contributed by atoms with Gasteiger partial charge in [-0.2, -0.15) is 0 Å². The lowest BCUT2D eigenvalue weighted by molar-refractivity contribution is -0.125. The van der Waals surface area contributed by atoms with Crippen molar-refractivity contribution in [2.24, 2.45) is 5.41 Å². The summed E-state index contributed by atoms with van der Waals surface area (Å²) in [4.78, 5) is 17.8. The van der Waals surface area contributed by atoms with Crippen LogP contribution >= 0.6 is 11.3 Å². The Morgan fingerprint density at radius 1 is 1.00 bits per heavy atom. The Morgan fingerprint density at radius 3 is 2.44 bits per heavy atom. The molecule has 1 heterocycles. The highest BCUT2D eigenvalue weighted by Gasteiger charge is 2.48. The standard InChI is InChI=1S/C28H24N2OS/c1-28(26(31)30-27-29-16-17-32-27)19-23-15-14-21(13-12-20-8-4-2-5-9-20)18-24(23)25(28)22-10-6-3-7-11-22/h2-18,25H,19H2,1H3,(H,29,30,31)/t25-,28+/m0/s1. The molecule has 32 heavy (non-hydrogen) atoms. The zero-order valence-corrected chi connectivity index (χ0v) is 18.7. The van der Waals surface area contributed by atoms with Crippen molar-refractivity contribution in [2.45, 2.75) is 19.3 Å². The van der Waals surface area contributed by atoms with E-state index in [1.165, 1.54) is 28.0 Å². The van der Waals surface area contributed by atoms with Crippen molar-refractivity contribution in [3.05, 3.63) is 118 Å². The Hall–Kier alpha value is -3.50. The third-order valence-corrected chi connectivity index (χ3v) is 6.94. The second kappa shape index (κ2) is 8.56. The van der Waals surface area contributed by atoms with Gasteiger partial charge in [0.15, 0.2) is 5.13 Å². The van der Waals surface area contributed by atoms with E-state index < -0.39 is 5.41 Å². The zero-order valence-electron chi connectivity index (χ0n) is 17.9. The van der Waals surface area contributed by atoms with E-state index in [2.05, 4.69) is 71.8 Å². The van der Waals surface area contributed by atoms with Crippen molar-refractivity contribution in [1.29, 1.82) is 0 Å². The van der Waals surface area contributed by atoms with Crippen molar-refractivity contribution >= 4 is 34.5 Å². The summed E-state index contributed by atoms with van der Waals surface area (Å²) in [5, 5.41) is 5.58. The third kappa shape index (κ3) is 3.90. The molecule has 1 aromatic heterocycles. The molecule has 0 bridgehead atoms. The van der Waals surface area contributed by atoms with Crippen molar-refractivity contribution in [1.82, 2.24) is 4.98 Å². The van der Waals surface area contributed by atoms with E-state index in [1.54, 1.807) is 6.20 Å². The van der Waals surface area contributed by atoms with Gasteiger partial charge in [-0.1, -0.05) is 91.0 Å². The molecule has 1 aliphatic rings. The first-order valence-corrected chi connectivity index (χ1v) is 11.6. The van der Waals surface area contributed by atoms with Crippen LogP contribution in [0.4, 0.5) is 5.13 Å². The minimum Gasteiger partial charge on any atom is -0.301 e. The number of nitrogens with zero attached hydrogens (tertiary/aromatic N) is 1. The summed E-state index contributed by atoms with van der Waals surface area (Å²) in [7, 11) is 0. The lowest BCUT2D eigenvalue weighted by atomic mass is 9.73. The van der Waals surface area contributed by atoms with E-state index in [9.17, 15) is 4.79 Å². The summed E-state index contributed by atoms with van der Waals surface area (Å²) in [6, 6.07) is 27.2. The first kappa shape index (κ1) is 20.4. The second-order valence-corrected chi connectivity index (χ2v) is 9.33. The van der Waals surface area contributed by atoms with Crippen molar-refractivity contribution in [3.63, 3.8) is 0 Å². The average Bonchev–Trinajstić information content (AvgIpc) is 3.44. The Labute approximate surface area is 192 Å². The summed E-state index contributed by atoms with van der Waals surface area (Å²) in [5.74, 6) is -0.0115. The molecule has 5 rings (SSSR count). The lowest BCUT2D eigenvalue weighted by Crippen LogP contribution is -2.37. The van der Waals surface area contributed by atoms with Gasteiger partial charge in [-0.15, -0.1) is 11.3 Å². The first-order valence-electron chi connectivity index (χ1n) is 10.8. The monoisotopic (exact) mass is 436 g/mol. The maximum Gasteiger partial charge on any atom is 0.233 e. The molecule has 0 spiro atoms. The number of nitrogens with one attached hydrogen (secondary N) is 1. The van der Waals surface area contributed by atoms with E-state index in [1.807, 2.05) is 41.8 Å². The molecule has 4 heteroatoms. The SMILES string of the molecule is C[C@@]1(C(=O)Nc2nccs2)Cc2ccc(C=Cc3ccccc3)cc2[C@@H]1c1ccccc1. The average molecular weight is 437 g/mol. The minimum absolute atomic E-state index is 0.0129. The molecule has 0 fully saturated rings. The van der Waals surface area contributed by atoms with Gasteiger partial charge in [-0.3, -0.25) is 4.79 Å². The van der Waals surface area contributed by atoms with Gasteiger partial charge >= 0.3 is 0 Å². The smallest absolute Gasteiger partial charge is 0.233 e. The van der Waals surface area contributed by atoms with E-state index in [4.69, 9.17) is 0 Å². The van der Waals surface area contributed by atoms with E-state index >= 15 is 0 Å². The van der Waals surface area contributed by atoms with Crippen LogP contribution < -0.4 is 5.32 Å². The number of carbonyl (C=O) groups excluding carboxylic acids is 1. The number of hydrogen-bond acceptors (Lipinski definition) is 3. The fourth-order valence-electron chi connectivity index (χ4n) is 4.67. The van der Waals surface area contributed by atoms with Crippen molar-refractivity contribution in [3.8, 4) is 0 Å². The second-order valence-electron chi connectivity index (χ2n) is 8.43. The van der Waals surface area contributed by atoms with Gasteiger partial charge < -0.3 is 5.32 Å². The number of carbonyl (C=O) groups is 1. The van der Waals surface area contributed by atoms with Crippen molar-refractivity contribution in [2.75, 3.05) is 5.32 Å².